The van der Waals surface area contributed by atoms with Crippen molar-refractivity contribution in [1.82, 2.24) is 4.98 Å². The van der Waals surface area contributed by atoms with Crippen LogP contribution < -0.4 is 9.47 Å². The van der Waals surface area contributed by atoms with Gasteiger partial charge in [-0.2, -0.15) is 0 Å². The molecule has 2 N–H and O–H groups in total. The fraction of sp³-hybridized carbons (Fsp3) is 0.333. The first-order valence-corrected chi connectivity index (χ1v) is 8.87. The monoisotopic (exact) mass is 371 g/mol. The van der Waals surface area contributed by atoms with E-state index in [9.17, 15) is 9.90 Å². The lowest BCUT2D eigenvalue weighted by Crippen LogP contribution is -2.02. The van der Waals surface area contributed by atoms with E-state index in [1.807, 2.05) is 12.1 Å². The first-order chi connectivity index (χ1) is 13.1. The van der Waals surface area contributed by atoms with E-state index in [4.69, 9.17) is 14.6 Å². The molecule has 0 saturated carbocycles. The van der Waals surface area contributed by atoms with Gasteiger partial charge in [-0.1, -0.05) is 18.2 Å². The molecular weight excluding hydrogens is 346 g/mol. The van der Waals surface area contributed by atoms with E-state index in [0.717, 1.165) is 25.0 Å². The van der Waals surface area contributed by atoms with Crippen LogP contribution in [-0.4, -0.2) is 34.9 Å². The first-order valence-electron chi connectivity index (χ1n) is 8.87. The van der Waals surface area contributed by atoms with Crippen molar-refractivity contribution in [3.63, 3.8) is 0 Å². The lowest BCUT2D eigenvalue weighted by molar-refractivity contribution is -0.135. The molecule has 1 aromatic carbocycles. The lowest BCUT2D eigenvalue weighted by Gasteiger charge is -2.10. The van der Waals surface area contributed by atoms with Crippen LogP contribution in [0.15, 0.2) is 42.5 Å². The number of aryl methyl sites for hydroxylation is 1. The summed E-state index contributed by atoms with van der Waals surface area (Å²) in [6.07, 6.45) is 5.86. The summed E-state index contributed by atoms with van der Waals surface area (Å²) in [7, 11) is 1.65. The van der Waals surface area contributed by atoms with Gasteiger partial charge in [-0.05, 0) is 55.2 Å². The van der Waals surface area contributed by atoms with Crippen LogP contribution >= 0.6 is 0 Å². The van der Waals surface area contributed by atoms with Crippen molar-refractivity contribution in [3.8, 4) is 11.5 Å². The Balaban J connectivity index is 1.84. The van der Waals surface area contributed by atoms with Crippen molar-refractivity contribution >= 4 is 12.0 Å². The van der Waals surface area contributed by atoms with Gasteiger partial charge in [0.1, 0.15) is 17.2 Å². The number of ether oxygens (including phenoxy) is 2. The van der Waals surface area contributed by atoms with Crippen molar-refractivity contribution in [2.24, 2.45) is 0 Å². The fourth-order valence-electron chi connectivity index (χ4n) is 2.51. The Hall–Kier alpha value is -2.86. The van der Waals surface area contributed by atoms with Crippen LogP contribution in [0.3, 0.4) is 0 Å². The van der Waals surface area contributed by atoms with Crippen LogP contribution in [-0.2, 0) is 17.8 Å². The Bertz CT molecular complexity index is 756. The molecular formula is C21H25NO5. The maximum absolute atomic E-state index is 10.6. The number of hydrogen-bond acceptors (Lipinski definition) is 5. The molecule has 6 heteroatoms. The standard InChI is InChI=1S/C21H25NO5/c1-26-18-11-8-16(9-12-18)5-2-3-14-27-20-13-10-17(15-23)22-19(20)6-4-7-21(24)25/h4,6,8-13,23H,2-3,5,7,14-15H2,1H3,(H,24,25)/b6-4+. The quantitative estimate of drug-likeness (QED) is 0.588. The van der Waals surface area contributed by atoms with Gasteiger partial charge in [-0.15, -0.1) is 0 Å². The molecule has 0 unspecified atom stereocenters. The van der Waals surface area contributed by atoms with Crippen molar-refractivity contribution in [3.05, 3.63) is 59.4 Å². The van der Waals surface area contributed by atoms with Gasteiger partial charge in [0, 0.05) is 0 Å². The smallest absolute Gasteiger partial charge is 0.307 e. The normalized spacial score (nSPS) is 10.9. The molecule has 0 atom stereocenters. The predicted octanol–water partition coefficient (Wildman–Crippen LogP) is 3.47. The number of hydrogen-bond donors (Lipinski definition) is 2. The number of pyridine rings is 1. The van der Waals surface area contributed by atoms with Gasteiger partial charge in [0.25, 0.3) is 0 Å². The molecule has 0 spiro atoms. The zero-order valence-electron chi connectivity index (χ0n) is 15.4. The second-order valence-electron chi connectivity index (χ2n) is 6.00. The molecule has 0 aliphatic rings. The summed E-state index contributed by atoms with van der Waals surface area (Å²) in [6, 6.07) is 11.5. The Morgan fingerprint density at radius 3 is 2.59 bits per heavy atom. The number of methoxy groups -OCH3 is 1. The topological polar surface area (TPSA) is 88.9 Å². The van der Waals surface area contributed by atoms with E-state index < -0.39 is 5.97 Å². The minimum absolute atomic E-state index is 0.0909. The number of rotatable bonds is 11. The van der Waals surface area contributed by atoms with Crippen LogP contribution in [0.4, 0.5) is 0 Å². The summed E-state index contributed by atoms with van der Waals surface area (Å²) >= 11 is 0. The maximum atomic E-state index is 10.6. The third-order valence-corrected chi connectivity index (χ3v) is 3.95. The third-order valence-electron chi connectivity index (χ3n) is 3.95. The van der Waals surface area contributed by atoms with Crippen molar-refractivity contribution < 1.29 is 24.5 Å². The summed E-state index contributed by atoms with van der Waals surface area (Å²) in [5.41, 5.74) is 2.29. The molecule has 0 aliphatic heterocycles. The highest BCUT2D eigenvalue weighted by molar-refractivity contribution is 5.70. The van der Waals surface area contributed by atoms with Gasteiger partial charge >= 0.3 is 5.97 Å². The number of carboxylic acids is 1. The van der Waals surface area contributed by atoms with Crippen molar-refractivity contribution in [1.29, 1.82) is 0 Å². The number of carboxylic acid groups (broad SMARTS) is 1. The van der Waals surface area contributed by atoms with E-state index in [2.05, 4.69) is 17.1 Å². The Labute approximate surface area is 159 Å². The molecule has 0 fully saturated rings. The molecule has 0 aliphatic carbocycles. The van der Waals surface area contributed by atoms with E-state index >= 15 is 0 Å². The van der Waals surface area contributed by atoms with Gasteiger partial charge in [-0.25, -0.2) is 4.98 Å². The molecule has 6 nitrogen and oxygen atoms in total. The minimum Gasteiger partial charge on any atom is -0.497 e. The van der Waals surface area contributed by atoms with Crippen molar-refractivity contribution in [2.45, 2.75) is 32.3 Å². The zero-order valence-corrected chi connectivity index (χ0v) is 15.4. The van der Waals surface area contributed by atoms with Gasteiger partial charge < -0.3 is 19.7 Å². The van der Waals surface area contributed by atoms with Crippen LogP contribution in [0.1, 0.15) is 36.2 Å². The van der Waals surface area contributed by atoms with Crippen LogP contribution in [0.25, 0.3) is 6.08 Å². The highest BCUT2D eigenvalue weighted by Crippen LogP contribution is 2.20. The highest BCUT2D eigenvalue weighted by Gasteiger charge is 2.05. The van der Waals surface area contributed by atoms with E-state index in [-0.39, 0.29) is 13.0 Å². The van der Waals surface area contributed by atoms with Crippen LogP contribution in [0.2, 0.25) is 0 Å². The number of unbranched alkanes of at least 4 members (excludes halogenated alkanes) is 1. The second kappa shape index (κ2) is 11.0. The SMILES string of the molecule is COc1ccc(CCCCOc2ccc(CO)nc2/C=C/CC(=O)O)cc1. The van der Waals surface area contributed by atoms with Crippen molar-refractivity contribution in [2.75, 3.05) is 13.7 Å². The van der Waals surface area contributed by atoms with E-state index in [1.165, 1.54) is 11.6 Å². The number of aliphatic carboxylic acids is 1. The molecule has 1 heterocycles. The average Bonchev–Trinajstić information content (AvgIpc) is 2.68. The molecule has 0 amide bonds. The Morgan fingerprint density at radius 2 is 1.93 bits per heavy atom. The molecule has 0 radical (unpaired) electrons. The molecule has 0 saturated heterocycles. The summed E-state index contributed by atoms with van der Waals surface area (Å²) in [6.45, 7) is 0.359. The molecule has 1 aromatic heterocycles. The number of benzene rings is 1. The fourth-order valence-corrected chi connectivity index (χ4v) is 2.51. The Kier molecular flexibility index (Phi) is 8.32. The largest absolute Gasteiger partial charge is 0.497 e. The minimum atomic E-state index is -0.912. The van der Waals surface area contributed by atoms with Crippen LogP contribution in [0.5, 0.6) is 11.5 Å². The van der Waals surface area contributed by atoms with Crippen LogP contribution in [0, 0.1) is 0 Å². The number of aromatic nitrogens is 1. The second-order valence-corrected chi connectivity index (χ2v) is 6.00. The highest BCUT2D eigenvalue weighted by atomic mass is 16.5. The lowest BCUT2D eigenvalue weighted by atomic mass is 10.1. The molecule has 0 bridgehead atoms. The summed E-state index contributed by atoms with van der Waals surface area (Å²) < 4.78 is 11.0. The predicted molar refractivity (Wildman–Crippen MR) is 103 cm³/mol. The third kappa shape index (κ3) is 7.11. The number of aliphatic hydroxyl groups is 1. The summed E-state index contributed by atoms with van der Waals surface area (Å²) in [5, 5.41) is 18.0. The average molecular weight is 371 g/mol. The zero-order chi connectivity index (χ0) is 19.5. The number of nitrogens with zero attached hydrogens (tertiary/aromatic N) is 1. The van der Waals surface area contributed by atoms with Gasteiger partial charge in [-0.3, -0.25) is 4.79 Å². The summed E-state index contributed by atoms with van der Waals surface area (Å²) in [5.74, 6) is 0.522. The van der Waals surface area contributed by atoms with Gasteiger partial charge in [0.05, 0.1) is 32.4 Å². The summed E-state index contributed by atoms with van der Waals surface area (Å²) in [4.78, 5) is 14.9. The first kappa shape index (κ1) is 20.5. The van der Waals surface area contributed by atoms with Gasteiger partial charge in [0.15, 0.2) is 0 Å². The maximum Gasteiger partial charge on any atom is 0.307 e. The van der Waals surface area contributed by atoms with E-state index in [0.29, 0.717) is 23.7 Å². The number of carbonyl (C=O) groups is 1. The molecule has 2 rings (SSSR count). The van der Waals surface area contributed by atoms with E-state index in [1.54, 1.807) is 25.3 Å². The van der Waals surface area contributed by atoms with Gasteiger partial charge in [0.2, 0.25) is 0 Å². The molecule has 144 valence electrons. The Morgan fingerprint density at radius 1 is 1.15 bits per heavy atom. The number of aliphatic hydroxyl groups excluding tert-OH is 1. The molecule has 2 aromatic rings. The molecule has 27 heavy (non-hydrogen) atoms.